The molecule has 1 saturated carbocycles. The summed E-state index contributed by atoms with van der Waals surface area (Å²) in [6, 6.07) is 2.59. The van der Waals surface area contributed by atoms with E-state index in [1.807, 2.05) is 17.9 Å². The van der Waals surface area contributed by atoms with E-state index in [1.165, 1.54) is 25.7 Å². The maximum Gasteiger partial charge on any atom is 0.263 e. The Balaban J connectivity index is 1.48. The molecule has 4 rings (SSSR count). The number of carbonyl (C=O) groups is 1. The molecule has 1 aromatic rings. The molecule has 0 bridgehead atoms. The highest BCUT2D eigenvalue weighted by atomic mass is 16.5. The van der Waals surface area contributed by atoms with Gasteiger partial charge in [-0.25, -0.2) is 0 Å². The molecular weight excluding hydrogens is 354 g/mol. The Morgan fingerprint density at radius 1 is 1.07 bits per heavy atom. The molecule has 0 spiro atoms. The van der Waals surface area contributed by atoms with Gasteiger partial charge in [0.1, 0.15) is 5.56 Å². The average molecular weight is 388 g/mol. The number of pyridine rings is 1. The zero-order chi connectivity index (χ0) is 19.5. The van der Waals surface area contributed by atoms with Gasteiger partial charge in [-0.1, -0.05) is 12.8 Å². The predicted octanol–water partition coefficient (Wildman–Crippen LogP) is 2.43. The summed E-state index contributed by atoms with van der Waals surface area (Å²) in [4.78, 5) is 30.8. The molecule has 2 saturated heterocycles. The van der Waals surface area contributed by atoms with Crippen molar-refractivity contribution in [2.75, 3.05) is 32.8 Å². The van der Waals surface area contributed by atoms with E-state index in [0.29, 0.717) is 18.2 Å². The van der Waals surface area contributed by atoms with Crippen molar-refractivity contribution < 1.29 is 9.53 Å². The first kappa shape index (κ1) is 19.6. The third-order valence-corrected chi connectivity index (χ3v) is 6.67. The Morgan fingerprint density at radius 2 is 1.89 bits per heavy atom. The molecule has 3 fully saturated rings. The Morgan fingerprint density at radius 3 is 2.64 bits per heavy atom. The van der Waals surface area contributed by atoms with Crippen LogP contribution in [-0.4, -0.2) is 65.2 Å². The van der Waals surface area contributed by atoms with E-state index in [9.17, 15) is 9.59 Å². The van der Waals surface area contributed by atoms with E-state index in [0.717, 1.165) is 57.6 Å². The smallest absolute Gasteiger partial charge is 0.263 e. The van der Waals surface area contributed by atoms with Crippen molar-refractivity contribution in [1.29, 1.82) is 0 Å². The Bertz CT molecular complexity index is 748. The first-order valence-electron chi connectivity index (χ1n) is 11.0. The largest absolute Gasteiger partial charge is 0.376 e. The number of hydrogen-bond acceptors (Lipinski definition) is 4. The van der Waals surface area contributed by atoms with Gasteiger partial charge in [-0.3, -0.25) is 14.5 Å². The van der Waals surface area contributed by atoms with Crippen molar-refractivity contribution in [3.63, 3.8) is 0 Å². The van der Waals surface area contributed by atoms with E-state index < -0.39 is 0 Å². The molecule has 0 radical (unpaired) electrons. The summed E-state index contributed by atoms with van der Waals surface area (Å²) < 4.78 is 7.34. The van der Waals surface area contributed by atoms with Gasteiger partial charge in [0.15, 0.2) is 0 Å². The molecule has 0 N–H and O–H groups in total. The van der Waals surface area contributed by atoms with Crippen molar-refractivity contribution in [2.24, 2.45) is 0 Å². The summed E-state index contributed by atoms with van der Waals surface area (Å²) in [5.74, 6) is -0.0996. The average Bonchev–Trinajstić information content (AvgIpc) is 3.35. The minimum atomic E-state index is -0.169. The number of aromatic nitrogens is 1. The third-order valence-electron chi connectivity index (χ3n) is 6.67. The zero-order valence-corrected chi connectivity index (χ0v) is 17.1. The molecule has 28 heavy (non-hydrogen) atoms. The van der Waals surface area contributed by atoms with Crippen LogP contribution in [0.15, 0.2) is 17.1 Å². The van der Waals surface area contributed by atoms with Crippen molar-refractivity contribution in [3.05, 3.63) is 33.7 Å². The lowest BCUT2D eigenvalue weighted by Crippen LogP contribution is -2.41. The van der Waals surface area contributed by atoms with Crippen LogP contribution in [0.3, 0.4) is 0 Å². The highest BCUT2D eigenvalue weighted by Crippen LogP contribution is 2.24. The van der Waals surface area contributed by atoms with Crippen LogP contribution in [0.2, 0.25) is 0 Å². The highest BCUT2D eigenvalue weighted by Gasteiger charge is 2.28. The fourth-order valence-electron chi connectivity index (χ4n) is 5.01. The second-order valence-electron chi connectivity index (χ2n) is 8.59. The van der Waals surface area contributed by atoms with E-state index in [-0.39, 0.29) is 17.6 Å². The lowest BCUT2D eigenvalue weighted by Gasteiger charge is -2.27. The second-order valence-corrected chi connectivity index (χ2v) is 8.59. The van der Waals surface area contributed by atoms with Crippen LogP contribution in [0.4, 0.5) is 0 Å². The van der Waals surface area contributed by atoms with Crippen LogP contribution in [0, 0.1) is 6.92 Å². The van der Waals surface area contributed by atoms with Crippen LogP contribution >= 0.6 is 0 Å². The number of nitrogens with zero attached hydrogens (tertiary/aromatic N) is 3. The van der Waals surface area contributed by atoms with Crippen LogP contribution < -0.4 is 5.56 Å². The summed E-state index contributed by atoms with van der Waals surface area (Å²) in [6.07, 6.45) is 10.1. The SMILES string of the molecule is Cc1ccn(CC2CCCO2)c(=O)c1C(=O)N1CCCN(C2CCCC2)CC1. The van der Waals surface area contributed by atoms with Gasteiger partial charge >= 0.3 is 0 Å². The summed E-state index contributed by atoms with van der Waals surface area (Å²) in [5.41, 5.74) is 0.947. The molecule has 1 unspecified atom stereocenters. The van der Waals surface area contributed by atoms with Crippen molar-refractivity contribution >= 4 is 5.91 Å². The van der Waals surface area contributed by atoms with E-state index in [4.69, 9.17) is 4.74 Å². The molecule has 3 heterocycles. The van der Waals surface area contributed by atoms with E-state index >= 15 is 0 Å². The monoisotopic (exact) mass is 387 g/mol. The number of ether oxygens (including phenoxy) is 1. The molecule has 1 aromatic heterocycles. The quantitative estimate of drug-likeness (QED) is 0.796. The first-order chi connectivity index (χ1) is 13.6. The number of rotatable bonds is 4. The molecular formula is C22H33N3O3. The Hall–Kier alpha value is -1.66. The Kier molecular flexibility index (Phi) is 6.16. The fourth-order valence-corrected chi connectivity index (χ4v) is 5.01. The van der Waals surface area contributed by atoms with Crippen LogP contribution in [0.5, 0.6) is 0 Å². The van der Waals surface area contributed by atoms with Crippen LogP contribution in [-0.2, 0) is 11.3 Å². The fraction of sp³-hybridized carbons (Fsp3) is 0.727. The van der Waals surface area contributed by atoms with Gasteiger partial charge < -0.3 is 14.2 Å². The standard InChI is InChI=1S/C22H33N3O3/c1-17-9-12-25(16-19-8-4-15-28-19)22(27)20(17)21(26)24-11-5-10-23(13-14-24)18-6-2-3-7-18/h9,12,18-19H,2-8,10-11,13-16H2,1H3. The maximum atomic E-state index is 13.3. The first-order valence-corrected chi connectivity index (χ1v) is 11.0. The Labute approximate surface area is 167 Å². The van der Waals surface area contributed by atoms with Crippen molar-refractivity contribution in [3.8, 4) is 0 Å². The highest BCUT2D eigenvalue weighted by molar-refractivity contribution is 5.95. The minimum Gasteiger partial charge on any atom is -0.376 e. The van der Waals surface area contributed by atoms with Crippen LogP contribution in [0.25, 0.3) is 0 Å². The van der Waals surface area contributed by atoms with Crippen molar-refractivity contribution in [1.82, 2.24) is 14.4 Å². The predicted molar refractivity (Wildman–Crippen MR) is 109 cm³/mol. The molecule has 0 aromatic carbocycles. The molecule has 1 amide bonds. The number of amides is 1. The topological polar surface area (TPSA) is 54.8 Å². The minimum absolute atomic E-state index is 0.0847. The summed E-state index contributed by atoms with van der Waals surface area (Å²) in [7, 11) is 0. The van der Waals surface area contributed by atoms with Crippen LogP contribution in [0.1, 0.15) is 60.9 Å². The lowest BCUT2D eigenvalue weighted by atomic mass is 10.1. The number of hydrogen-bond donors (Lipinski definition) is 0. The normalized spacial score (nSPS) is 24.6. The molecule has 3 aliphatic rings. The van der Waals surface area contributed by atoms with Gasteiger partial charge in [0.2, 0.25) is 0 Å². The molecule has 154 valence electrons. The number of carbonyl (C=O) groups excluding carboxylic acids is 1. The second kappa shape index (κ2) is 8.78. The molecule has 1 aliphatic carbocycles. The van der Waals surface area contributed by atoms with Gasteiger partial charge in [0, 0.05) is 45.0 Å². The number of aryl methyl sites for hydroxylation is 1. The summed E-state index contributed by atoms with van der Waals surface area (Å²) >= 11 is 0. The zero-order valence-electron chi connectivity index (χ0n) is 17.1. The van der Waals surface area contributed by atoms with Gasteiger partial charge in [-0.05, 0) is 50.7 Å². The summed E-state index contributed by atoms with van der Waals surface area (Å²) in [5, 5.41) is 0. The van der Waals surface area contributed by atoms with Gasteiger partial charge in [0.05, 0.1) is 12.6 Å². The molecule has 6 heteroatoms. The van der Waals surface area contributed by atoms with E-state index in [2.05, 4.69) is 4.90 Å². The molecule has 2 aliphatic heterocycles. The van der Waals surface area contributed by atoms with Crippen molar-refractivity contribution in [2.45, 2.75) is 70.6 Å². The van der Waals surface area contributed by atoms with Gasteiger partial charge in [-0.2, -0.15) is 0 Å². The van der Waals surface area contributed by atoms with Gasteiger partial charge in [-0.15, -0.1) is 0 Å². The summed E-state index contributed by atoms with van der Waals surface area (Å²) in [6.45, 7) is 6.61. The molecule has 6 nitrogen and oxygen atoms in total. The molecule has 1 atom stereocenters. The van der Waals surface area contributed by atoms with Gasteiger partial charge in [0.25, 0.3) is 11.5 Å². The maximum absolute atomic E-state index is 13.3. The third kappa shape index (κ3) is 4.18. The van der Waals surface area contributed by atoms with E-state index in [1.54, 1.807) is 10.8 Å². The lowest BCUT2D eigenvalue weighted by molar-refractivity contribution is 0.0751.